The summed E-state index contributed by atoms with van der Waals surface area (Å²) in [5.74, 6) is 1.41. The molecule has 3 aromatic rings. The van der Waals surface area contributed by atoms with Crippen LogP contribution in [0.5, 0.6) is 5.75 Å². The Hall–Kier alpha value is -2.67. The van der Waals surface area contributed by atoms with Crippen LogP contribution in [0.2, 0.25) is 0 Å². The minimum absolute atomic E-state index is 0.625. The van der Waals surface area contributed by atoms with Crippen molar-refractivity contribution in [3.05, 3.63) is 65.0 Å². The predicted molar refractivity (Wildman–Crippen MR) is 92.5 cm³/mol. The summed E-state index contributed by atoms with van der Waals surface area (Å²) < 4.78 is 7.84. The van der Waals surface area contributed by atoms with E-state index < -0.39 is 0 Å². The van der Waals surface area contributed by atoms with Gasteiger partial charge in [0.15, 0.2) is 5.82 Å². The van der Waals surface area contributed by atoms with Gasteiger partial charge < -0.3 is 10.1 Å². The monoisotopic (exact) mass is 371 g/mol. The van der Waals surface area contributed by atoms with Crippen LogP contribution in [0.25, 0.3) is 11.8 Å². The van der Waals surface area contributed by atoms with E-state index in [1.807, 2.05) is 54.6 Å². The lowest BCUT2D eigenvalue weighted by Gasteiger charge is -2.04. The highest BCUT2D eigenvalue weighted by molar-refractivity contribution is 9.10. The van der Waals surface area contributed by atoms with Crippen LogP contribution in [0.4, 0.5) is 5.69 Å². The highest BCUT2D eigenvalue weighted by atomic mass is 79.9. The number of tetrazole rings is 1. The van der Waals surface area contributed by atoms with Gasteiger partial charge in [0.2, 0.25) is 0 Å². The quantitative estimate of drug-likeness (QED) is 0.743. The molecule has 0 saturated heterocycles. The van der Waals surface area contributed by atoms with E-state index in [9.17, 15) is 0 Å². The third-order valence-electron chi connectivity index (χ3n) is 3.14. The number of nitrogens with zero attached hydrogens (tertiary/aromatic N) is 4. The summed E-state index contributed by atoms with van der Waals surface area (Å²) in [6.07, 6.45) is 3.61. The molecule has 7 heteroatoms. The fourth-order valence-electron chi connectivity index (χ4n) is 1.96. The van der Waals surface area contributed by atoms with Crippen molar-refractivity contribution in [1.82, 2.24) is 20.2 Å². The molecule has 1 N–H and O–H groups in total. The lowest BCUT2D eigenvalue weighted by molar-refractivity contribution is 0.414. The molecule has 0 atom stereocenters. The van der Waals surface area contributed by atoms with Gasteiger partial charge in [-0.25, -0.2) is 0 Å². The summed E-state index contributed by atoms with van der Waals surface area (Å²) in [7, 11) is 1.63. The molecule has 0 spiro atoms. The van der Waals surface area contributed by atoms with Gasteiger partial charge in [0.25, 0.3) is 0 Å². The SMILES string of the molecule is COc1ccc(-n2nnnc2/C=C\Nc2ccc(Br)cc2)cc1. The molecule has 2 aromatic carbocycles. The Bertz CT molecular complexity index is 796. The average Bonchev–Trinajstić information content (AvgIpc) is 3.05. The molecule has 1 aromatic heterocycles. The fraction of sp³-hybridized carbons (Fsp3) is 0.0625. The Morgan fingerprint density at radius 3 is 2.52 bits per heavy atom. The van der Waals surface area contributed by atoms with Crippen molar-refractivity contribution in [2.45, 2.75) is 0 Å². The molecule has 116 valence electrons. The molecule has 0 aliphatic rings. The number of nitrogens with one attached hydrogen (secondary N) is 1. The molecule has 0 aliphatic carbocycles. The first-order valence-electron chi connectivity index (χ1n) is 6.88. The van der Waals surface area contributed by atoms with Gasteiger partial charge in [0, 0.05) is 22.4 Å². The van der Waals surface area contributed by atoms with Crippen molar-refractivity contribution < 1.29 is 4.74 Å². The molecule has 0 unspecified atom stereocenters. The number of aromatic nitrogens is 4. The van der Waals surface area contributed by atoms with Crippen molar-refractivity contribution in [1.29, 1.82) is 0 Å². The first kappa shape index (κ1) is 15.2. The summed E-state index contributed by atoms with van der Waals surface area (Å²) >= 11 is 3.41. The van der Waals surface area contributed by atoms with Crippen LogP contribution >= 0.6 is 15.9 Å². The van der Waals surface area contributed by atoms with Gasteiger partial charge in [0.05, 0.1) is 12.8 Å². The maximum absolute atomic E-state index is 5.15. The third kappa shape index (κ3) is 3.75. The largest absolute Gasteiger partial charge is 0.497 e. The number of benzene rings is 2. The number of methoxy groups -OCH3 is 1. The molecule has 0 aliphatic heterocycles. The molecule has 6 nitrogen and oxygen atoms in total. The van der Waals surface area contributed by atoms with Gasteiger partial charge in [-0.3, -0.25) is 0 Å². The molecular formula is C16H14BrN5O. The Labute approximate surface area is 141 Å². The van der Waals surface area contributed by atoms with Gasteiger partial charge >= 0.3 is 0 Å². The van der Waals surface area contributed by atoms with Crippen molar-refractivity contribution in [3.63, 3.8) is 0 Å². The summed E-state index contributed by atoms with van der Waals surface area (Å²) in [6, 6.07) is 15.4. The standard InChI is InChI=1S/C16H14BrN5O/c1-23-15-8-6-14(7-9-15)22-16(19-20-21-22)10-11-18-13-4-2-12(17)3-5-13/h2-11,18H,1H3/b11-10-. The summed E-state index contributed by atoms with van der Waals surface area (Å²) in [4.78, 5) is 0. The molecule has 0 radical (unpaired) electrons. The fourth-order valence-corrected chi connectivity index (χ4v) is 2.23. The Morgan fingerprint density at radius 1 is 1.09 bits per heavy atom. The van der Waals surface area contributed by atoms with Crippen molar-refractivity contribution >= 4 is 27.7 Å². The van der Waals surface area contributed by atoms with Crippen LogP contribution in [0, 0.1) is 0 Å². The average molecular weight is 372 g/mol. The van der Waals surface area contributed by atoms with E-state index in [1.165, 1.54) is 0 Å². The van der Waals surface area contributed by atoms with Crippen LogP contribution in [-0.2, 0) is 0 Å². The second-order valence-corrected chi connectivity index (χ2v) is 5.55. The lowest BCUT2D eigenvalue weighted by atomic mass is 10.3. The summed E-state index contributed by atoms with van der Waals surface area (Å²) in [6.45, 7) is 0. The van der Waals surface area contributed by atoms with Crippen molar-refractivity contribution in [3.8, 4) is 11.4 Å². The highest BCUT2D eigenvalue weighted by Gasteiger charge is 2.05. The molecule has 3 rings (SSSR count). The van der Waals surface area contributed by atoms with E-state index in [2.05, 4.69) is 36.8 Å². The van der Waals surface area contributed by atoms with Crippen LogP contribution in [0.1, 0.15) is 5.82 Å². The molecule has 0 bridgehead atoms. The third-order valence-corrected chi connectivity index (χ3v) is 3.67. The molecule has 0 fully saturated rings. The smallest absolute Gasteiger partial charge is 0.181 e. The van der Waals surface area contributed by atoms with E-state index in [0.29, 0.717) is 5.82 Å². The normalized spacial score (nSPS) is 10.9. The van der Waals surface area contributed by atoms with Gasteiger partial charge in [-0.1, -0.05) is 15.9 Å². The van der Waals surface area contributed by atoms with Gasteiger partial charge in [-0.2, -0.15) is 4.68 Å². The number of rotatable bonds is 5. The van der Waals surface area contributed by atoms with E-state index >= 15 is 0 Å². The zero-order chi connectivity index (χ0) is 16.1. The second kappa shape index (κ2) is 7.06. The van der Waals surface area contributed by atoms with Crippen molar-refractivity contribution in [2.24, 2.45) is 0 Å². The number of anilines is 1. The maximum Gasteiger partial charge on any atom is 0.181 e. The Morgan fingerprint density at radius 2 is 1.83 bits per heavy atom. The highest BCUT2D eigenvalue weighted by Crippen LogP contribution is 2.16. The zero-order valence-corrected chi connectivity index (χ0v) is 13.9. The van der Waals surface area contributed by atoms with Gasteiger partial charge in [0.1, 0.15) is 5.75 Å². The van der Waals surface area contributed by atoms with Crippen LogP contribution in [-0.4, -0.2) is 27.3 Å². The van der Waals surface area contributed by atoms with Crippen molar-refractivity contribution in [2.75, 3.05) is 12.4 Å². The Balaban J connectivity index is 1.75. The van der Waals surface area contributed by atoms with Crippen LogP contribution in [0.3, 0.4) is 0 Å². The second-order valence-electron chi connectivity index (χ2n) is 4.63. The topological polar surface area (TPSA) is 64.9 Å². The van der Waals surface area contributed by atoms with E-state index in [0.717, 1.165) is 21.6 Å². The number of hydrogen-bond acceptors (Lipinski definition) is 5. The van der Waals surface area contributed by atoms with E-state index in [1.54, 1.807) is 18.0 Å². The van der Waals surface area contributed by atoms with Crippen LogP contribution < -0.4 is 10.1 Å². The minimum atomic E-state index is 0.625. The maximum atomic E-state index is 5.15. The molecule has 0 saturated carbocycles. The molecule has 0 amide bonds. The zero-order valence-electron chi connectivity index (χ0n) is 12.3. The molecule has 23 heavy (non-hydrogen) atoms. The number of hydrogen-bond donors (Lipinski definition) is 1. The van der Waals surface area contributed by atoms with E-state index in [4.69, 9.17) is 4.74 Å². The summed E-state index contributed by atoms with van der Waals surface area (Å²) in [5, 5.41) is 14.9. The molecule has 1 heterocycles. The Kier molecular flexibility index (Phi) is 4.68. The van der Waals surface area contributed by atoms with Gasteiger partial charge in [-0.05, 0) is 59.0 Å². The summed E-state index contributed by atoms with van der Waals surface area (Å²) in [5.41, 5.74) is 1.84. The van der Waals surface area contributed by atoms with Crippen LogP contribution in [0.15, 0.2) is 59.2 Å². The number of ether oxygens (including phenoxy) is 1. The first-order chi connectivity index (χ1) is 11.3. The number of halogens is 1. The molecular weight excluding hydrogens is 358 g/mol. The minimum Gasteiger partial charge on any atom is -0.497 e. The lowest BCUT2D eigenvalue weighted by Crippen LogP contribution is -2.00. The first-order valence-corrected chi connectivity index (χ1v) is 7.67. The van der Waals surface area contributed by atoms with E-state index in [-0.39, 0.29) is 0 Å². The predicted octanol–water partition coefficient (Wildman–Crippen LogP) is 3.52. The van der Waals surface area contributed by atoms with Gasteiger partial charge in [-0.15, -0.1) is 5.10 Å².